The second-order valence-electron chi connectivity index (χ2n) is 6.75. The van der Waals surface area contributed by atoms with Crippen LogP contribution in [0.2, 0.25) is 0 Å². The minimum absolute atomic E-state index is 0.0488. The smallest absolute Gasteiger partial charge is 0.226 e. The summed E-state index contributed by atoms with van der Waals surface area (Å²) in [7, 11) is 0. The van der Waals surface area contributed by atoms with Crippen LogP contribution in [-0.2, 0) is 29.0 Å². The molecule has 1 saturated heterocycles. The minimum Gasteiger partial charge on any atom is -0.376 e. The number of aryl methyl sites for hydroxylation is 1. The Balaban J connectivity index is 1.30. The maximum atomic E-state index is 12.2. The number of piperidine rings is 1. The lowest BCUT2D eigenvalue weighted by Crippen LogP contribution is -2.45. The normalized spacial score (nSPS) is 17.8. The molecule has 26 heavy (non-hydrogen) atoms. The highest BCUT2D eigenvalue weighted by molar-refractivity contribution is 5.78. The van der Waals surface area contributed by atoms with Gasteiger partial charge in [-0.05, 0) is 19.8 Å². The standard InChI is InChI=1S/C17H22N6O3/c1-11-15(22-26-21-11)8-16(24)19-13-2-5-23(6-3-13)17-18-9-12-10-25-7-4-14(12)20-17/h9,13H,2-8,10H2,1H3,(H,19,24). The fourth-order valence-corrected chi connectivity index (χ4v) is 3.34. The van der Waals surface area contributed by atoms with Crippen molar-refractivity contribution in [3.05, 3.63) is 28.8 Å². The highest BCUT2D eigenvalue weighted by atomic mass is 16.6. The number of hydrogen-bond acceptors (Lipinski definition) is 8. The quantitative estimate of drug-likeness (QED) is 0.845. The lowest BCUT2D eigenvalue weighted by atomic mass is 10.0. The molecule has 0 atom stereocenters. The van der Waals surface area contributed by atoms with E-state index in [-0.39, 0.29) is 18.4 Å². The maximum absolute atomic E-state index is 12.2. The van der Waals surface area contributed by atoms with Crippen LogP contribution < -0.4 is 10.2 Å². The van der Waals surface area contributed by atoms with Crippen molar-refractivity contribution in [3.63, 3.8) is 0 Å². The van der Waals surface area contributed by atoms with E-state index in [1.807, 2.05) is 6.20 Å². The van der Waals surface area contributed by atoms with Crippen molar-refractivity contribution in [1.82, 2.24) is 25.6 Å². The fraction of sp³-hybridized carbons (Fsp3) is 0.588. The summed E-state index contributed by atoms with van der Waals surface area (Å²) in [5.41, 5.74) is 3.42. The molecule has 0 radical (unpaired) electrons. The summed E-state index contributed by atoms with van der Waals surface area (Å²) < 4.78 is 10.1. The predicted molar refractivity (Wildman–Crippen MR) is 91.5 cm³/mol. The molecule has 2 aromatic heterocycles. The summed E-state index contributed by atoms with van der Waals surface area (Å²) >= 11 is 0. The van der Waals surface area contributed by atoms with Crippen LogP contribution in [0.5, 0.6) is 0 Å². The van der Waals surface area contributed by atoms with Gasteiger partial charge < -0.3 is 15.0 Å². The molecular formula is C17H22N6O3. The van der Waals surface area contributed by atoms with Gasteiger partial charge in [0.2, 0.25) is 11.9 Å². The van der Waals surface area contributed by atoms with Crippen molar-refractivity contribution < 1.29 is 14.2 Å². The van der Waals surface area contributed by atoms with Crippen molar-refractivity contribution in [2.75, 3.05) is 24.6 Å². The number of carbonyl (C=O) groups excluding carboxylic acids is 1. The molecule has 2 aromatic rings. The van der Waals surface area contributed by atoms with Crippen LogP contribution in [0.4, 0.5) is 5.95 Å². The van der Waals surface area contributed by atoms with Crippen molar-refractivity contribution in [2.45, 2.75) is 45.3 Å². The Morgan fingerprint density at radius 2 is 2.19 bits per heavy atom. The van der Waals surface area contributed by atoms with Gasteiger partial charge in [0.1, 0.15) is 11.4 Å². The van der Waals surface area contributed by atoms with Crippen molar-refractivity contribution in [3.8, 4) is 0 Å². The van der Waals surface area contributed by atoms with Gasteiger partial charge in [-0.2, -0.15) is 0 Å². The Labute approximate surface area is 151 Å². The van der Waals surface area contributed by atoms with Gasteiger partial charge in [-0.1, -0.05) is 10.3 Å². The van der Waals surface area contributed by atoms with Gasteiger partial charge in [-0.25, -0.2) is 14.6 Å². The molecule has 9 heteroatoms. The van der Waals surface area contributed by atoms with Crippen LogP contribution in [0.15, 0.2) is 10.8 Å². The van der Waals surface area contributed by atoms with Gasteiger partial charge in [-0.3, -0.25) is 4.79 Å². The number of hydrogen-bond donors (Lipinski definition) is 1. The molecule has 0 unspecified atom stereocenters. The molecule has 2 aliphatic rings. The Morgan fingerprint density at radius 3 is 2.96 bits per heavy atom. The second kappa shape index (κ2) is 7.36. The molecular weight excluding hydrogens is 336 g/mol. The first kappa shape index (κ1) is 16.9. The van der Waals surface area contributed by atoms with E-state index in [9.17, 15) is 4.79 Å². The summed E-state index contributed by atoms with van der Waals surface area (Å²) in [6.07, 6.45) is 4.65. The van der Waals surface area contributed by atoms with E-state index in [1.54, 1.807) is 6.92 Å². The lowest BCUT2D eigenvalue weighted by Gasteiger charge is -2.32. The van der Waals surface area contributed by atoms with E-state index in [0.29, 0.717) is 18.0 Å². The zero-order valence-electron chi connectivity index (χ0n) is 14.8. The molecule has 2 aliphatic heterocycles. The van der Waals surface area contributed by atoms with Crippen molar-refractivity contribution in [1.29, 1.82) is 0 Å². The van der Waals surface area contributed by atoms with Gasteiger partial charge in [-0.15, -0.1) is 0 Å². The zero-order chi connectivity index (χ0) is 17.9. The van der Waals surface area contributed by atoms with E-state index < -0.39 is 0 Å². The van der Waals surface area contributed by atoms with Crippen LogP contribution in [0.25, 0.3) is 0 Å². The van der Waals surface area contributed by atoms with Gasteiger partial charge in [0.15, 0.2) is 0 Å². The Morgan fingerprint density at radius 1 is 1.35 bits per heavy atom. The van der Waals surface area contributed by atoms with E-state index in [0.717, 1.165) is 56.2 Å². The number of carbonyl (C=O) groups is 1. The highest BCUT2D eigenvalue weighted by Crippen LogP contribution is 2.20. The minimum atomic E-state index is -0.0488. The van der Waals surface area contributed by atoms with Crippen LogP contribution in [-0.4, -0.2) is 51.9 Å². The summed E-state index contributed by atoms with van der Waals surface area (Å²) in [6, 6.07) is 0.157. The summed E-state index contributed by atoms with van der Waals surface area (Å²) in [4.78, 5) is 23.5. The Hall–Kier alpha value is -2.55. The molecule has 0 aromatic carbocycles. The number of nitrogens with zero attached hydrogens (tertiary/aromatic N) is 5. The fourth-order valence-electron chi connectivity index (χ4n) is 3.34. The third-order valence-corrected chi connectivity index (χ3v) is 4.90. The number of aromatic nitrogens is 4. The van der Waals surface area contributed by atoms with E-state index in [1.165, 1.54) is 0 Å². The number of fused-ring (bicyclic) bond motifs is 1. The molecule has 0 bridgehead atoms. The first-order valence-corrected chi connectivity index (χ1v) is 8.94. The first-order chi connectivity index (χ1) is 12.7. The molecule has 4 heterocycles. The molecule has 0 spiro atoms. The van der Waals surface area contributed by atoms with E-state index in [4.69, 9.17) is 9.72 Å². The van der Waals surface area contributed by atoms with Gasteiger partial charge in [0, 0.05) is 37.3 Å². The SMILES string of the molecule is Cc1nonc1CC(=O)NC1CCN(c2ncc3c(n2)CCOC3)CC1. The number of nitrogens with one attached hydrogen (secondary N) is 1. The lowest BCUT2D eigenvalue weighted by molar-refractivity contribution is -0.121. The molecule has 1 fully saturated rings. The topological polar surface area (TPSA) is 106 Å². The molecule has 0 saturated carbocycles. The maximum Gasteiger partial charge on any atom is 0.226 e. The molecule has 0 aliphatic carbocycles. The van der Waals surface area contributed by atoms with E-state index in [2.05, 4.69) is 30.1 Å². The Kier molecular flexibility index (Phi) is 4.79. The summed E-state index contributed by atoms with van der Waals surface area (Å²) in [5.74, 6) is 0.729. The summed E-state index contributed by atoms with van der Waals surface area (Å²) in [5, 5.41) is 10.5. The average Bonchev–Trinajstić information content (AvgIpc) is 3.06. The van der Waals surface area contributed by atoms with Gasteiger partial charge >= 0.3 is 0 Å². The van der Waals surface area contributed by atoms with Crippen LogP contribution in [0.1, 0.15) is 35.5 Å². The average molecular weight is 358 g/mol. The van der Waals surface area contributed by atoms with Gasteiger partial charge in [0.25, 0.3) is 0 Å². The highest BCUT2D eigenvalue weighted by Gasteiger charge is 2.24. The molecule has 9 nitrogen and oxygen atoms in total. The van der Waals surface area contributed by atoms with E-state index >= 15 is 0 Å². The Bertz CT molecular complexity index is 785. The number of rotatable bonds is 4. The molecule has 1 N–H and O–H groups in total. The third-order valence-electron chi connectivity index (χ3n) is 4.90. The third kappa shape index (κ3) is 3.67. The zero-order valence-corrected chi connectivity index (χ0v) is 14.8. The molecule has 1 amide bonds. The molecule has 138 valence electrons. The number of amides is 1. The van der Waals surface area contributed by atoms with Crippen LogP contribution in [0.3, 0.4) is 0 Å². The van der Waals surface area contributed by atoms with Crippen LogP contribution >= 0.6 is 0 Å². The molecule has 4 rings (SSSR count). The van der Waals surface area contributed by atoms with Crippen molar-refractivity contribution in [2.24, 2.45) is 0 Å². The predicted octanol–water partition coefficient (Wildman–Crippen LogP) is 0.568. The number of anilines is 1. The van der Waals surface area contributed by atoms with Crippen LogP contribution in [0, 0.1) is 6.92 Å². The first-order valence-electron chi connectivity index (χ1n) is 8.94. The second-order valence-corrected chi connectivity index (χ2v) is 6.75. The van der Waals surface area contributed by atoms with Crippen molar-refractivity contribution >= 4 is 11.9 Å². The largest absolute Gasteiger partial charge is 0.376 e. The summed E-state index contributed by atoms with van der Waals surface area (Å²) in [6.45, 7) is 4.75. The monoisotopic (exact) mass is 358 g/mol. The number of ether oxygens (including phenoxy) is 1. The van der Waals surface area contributed by atoms with Gasteiger partial charge in [0.05, 0.1) is 25.3 Å².